The van der Waals surface area contributed by atoms with Crippen LogP contribution in [0.5, 0.6) is 0 Å². The number of nitrogens with zero attached hydrogens (tertiary/aromatic N) is 2. The molecule has 2 rings (SSSR count). The number of β-amino-alcohol motifs (C(OH)–C–C–N with tert-alkyl or cyclic N) is 1. The summed E-state index contributed by atoms with van der Waals surface area (Å²) in [6.07, 6.45) is 0.681. The quantitative estimate of drug-likeness (QED) is 0.816. The zero-order valence-corrected chi connectivity index (χ0v) is 12.5. The number of aliphatic hydroxyl groups is 1. The maximum absolute atomic E-state index is 10.8. The molecule has 2 N–H and O–H groups in total. The van der Waals surface area contributed by atoms with Crippen LogP contribution in [-0.4, -0.2) is 71.4 Å². The molecule has 0 saturated carbocycles. The molecule has 116 valence electrons. The lowest BCUT2D eigenvalue weighted by atomic mass is 10.1. The molecule has 1 fully saturated rings. The van der Waals surface area contributed by atoms with Crippen molar-refractivity contribution in [3.63, 3.8) is 0 Å². The highest BCUT2D eigenvalue weighted by atomic mass is 16.4. The zero-order valence-electron chi connectivity index (χ0n) is 12.5. The highest BCUT2D eigenvalue weighted by molar-refractivity contribution is 5.87. The molecule has 0 radical (unpaired) electrons. The fourth-order valence-corrected chi connectivity index (χ4v) is 2.67. The summed E-state index contributed by atoms with van der Waals surface area (Å²) in [6, 6.07) is 7.12. The zero-order chi connectivity index (χ0) is 15.2. The van der Waals surface area contributed by atoms with Crippen LogP contribution in [0.4, 0.5) is 0 Å². The maximum atomic E-state index is 10.8. The topological polar surface area (TPSA) is 64.0 Å². The Kier molecular flexibility index (Phi) is 5.73. The molecule has 21 heavy (non-hydrogen) atoms. The summed E-state index contributed by atoms with van der Waals surface area (Å²) in [5.41, 5.74) is 1.51. The molecule has 0 spiro atoms. The third kappa shape index (κ3) is 5.12. The fraction of sp³-hybridized carbons (Fsp3) is 0.562. The first-order valence-electron chi connectivity index (χ1n) is 7.49. The molecular weight excluding hydrogens is 268 g/mol. The number of carboxylic acid groups (broad SMARTS) is 1. The molecule has 1 unspecified atom stereocenters. The largest absolute Gasteiger partial charge is 0.478 e. The van der Waals surface area contributed by atoms with Crippen LogP contribution < -0.4 is 0 Å². The summed E-state index contributed by atoms with van der Waals surface area (Å²) >= 11 is 0. The normalized spacial score (nSPS) is 18.6. The van der Waals surface area contributed by atoms with E-state index in [0.29, 0.717) is 5.56 Å². The van der Waals surface area contributed by atoms with Crippen molar-refractivity contribution in [2.45, 2.75) is 19.4 Å². The Morgan fingerprint density at radius 2 is 1.71 bits per heavy atom. The Morgan fingerprint density at radius 1 is 1.14 bits per heavy atom. The van der Waals surface area contributed by atoms with Crippen molar-refractivity contribution in [1.29, 1.82) is 0 Å². The van der Waals surface area contributed by atoms with Gasteiger partial charge >= 0.3 is 5.97 Å². The Hall–Kier alpha value is -1.43. The van der Waals surface area contributed by atoms with Gasteiger partial charge in [-0.1, -0.05) is 12.1 Å². The Bertz CT molecular complexity index is 451. The minimum atomic E-state index is -0.879. The molecule has 1 aliphatic rings. The molecule has 1 atom stereocenters. The van der Waals surface area contributed by atoms with Crippen LogP contribution in [0.15, 0.2) is 24.3 Å². The Labute approximate surface area is 125 Å². The molecule has 1 aromatic carbocycles. The van der Waals surface area contributed by atoms with Crippen LogP contribution in [0.25, 0.3) is 0 Å². The molecule has 0 aromatic heterocycles. The lowest BCUT2D eigenvalue weighted by Crippen LogP contribution is -2.48. The van der Waals surface area contributed by atoms with Crippen LogP contribution in [-0.2, 0) is 6.42 Å². The number of carbonyl (C=O) groups is 1. The van der Waals surface area contributed by atoms with Gasteiger partial charge in [0.15, 0.2) is 0 Å². The highest BCUT2D eigenvalue weighted by Crippen LogP contribution is 2.08. The Balaban J connectivity index is 1.73. The van der Waals surface area contributed by atoms with E-state index >= 15 is 0 Å². The molecule has 5 nitrogen and oxygen atoms in total. The molecule has 1 heterocycles. The highest BCUT2D eigenvalue weighted by Gasteiger charge is 2.17. The monoisotopic (exact) mass is 292 g/mol. The van der Waals surface area contributed by atoms with Gasteiger partial charge in [0.25, 0.3) is 0 Å². The van der Waals surface area contributed by atoms with Crippen molar-refractivity contribution in [2.75, 3.05) is 39.3 Å². The minimum absolute atomic E-state index is 0.260. The summed E-state index contributed by atoms with van der Waals surface area (Å²) in [5.74, 6) is -0.879. The molecule has 0 bridgehead atoms. The van der Waals surface area contributed by atoms with Crippen molar-refractivity contribution < 1.29 is 15.0 Å². The average Bonchev–Trinajstić information content (AvgIpc) is 2.46. The summed E-state index contributed by atoms with van der Waals surface area (Å²) < 4.78 is 0. The molecule has 1 saturated heterocycles. The summed E-state index contributed by atoms with van der Waals surface area (Å²) in [4.78, 5) is 15.5. The summed E-state index contributed by atoms with van der Waals surface area (Å²) in [7, 11) is 0. The number of hydrogen-bond donors (Lipinski definition) is 2. The van der Waals surface area contributed by atoms with Gasteiger partial charge < -0.3 is 15.1 Å². The van der Waals surface area contributed by atoms with Crippen LogP contribution in [0, 0.1) is 0 Å². The third-order valence-electron chi connectivity index (χ3n) is 3.90. The predicted molar refractivity (Wildman–Crippen MR) is 81.7 cm³/mol. The second-order valence-electron chi connectivity index (χ2n) is 5.74. The summed E-state index contributed by atoms with van der Waals surface area (Å²) in [6.45, 7) is 7.64. The van der Waals surface area contributed by atoms with Gasteiger partial charge in [-0.05, 0) is 31.0 Å². The van der Waals surface area contributed by atoms with E-state index in [1.807, 2.05) is 19.1 Å². The number of hydrogen-bond acceptors (Lipinski definition) is 4. The van der Waals surface area contributed by atoms with E-state index in [9.17, 15) is 9.90 Å². The van der Waals surface area contributed by atoms with Crippen LogP contribution in [0.1, 0.15) is 22.8 Å². The van der Waals surface area contributed by atoms with Crippen LogP contribution >= 0.6 is 0 Å². The number of benzene rings is 1. The van der Waals surface area contributed by atoms with Crippen LogP contribution in [0.3, 0.4) is 0 Å². The van der Waals surface area contributed by atoms with Crippen molar-refractivity contribution >= 4 is 5.97 Å². The van der Waals surface area contributed by atoms with Crippen molar-refractivity contribution in [3.05, 3.63) is 35.4 Å². The number of carboxylic acids is 1. The smallest absolute Gasteiger partial charge is 0.335 e. The van der Waals surface area contributed by atoms with Gasteiger partial charge in [-0.3, -0.25) is 4.90 Å². The number of piperazine rings is 1. The second-order valence-corrected chi connectivity index (χ2v) is 5.74. The lowest BCUT2D eigenvalue weighted by Gasteiger charge is -2.35. The van der Waals surface area contributed by atoms with Gasteiger partial charge in [0.1, 0.15) is 0 Å². The van der Waals surface area contributed by atoms with E-state index in [0.717, 1.165) is 45.7 Å². The number of rotatable bonds is 6. The third-order valence-corrected chi connectivity index (χ3v) is 3.90. The first-order chi connectivity index (χ1) is 10.0. The van der Waals surface area contributed by atoms with Gasteiger partial charge in [0, 0.05) is 39.3 Å². The van der Waals surface area contributed by atoms with Gasteiger partial charge in [-0.25, -0.2) is 4.79 Å². The van der Waals surface area contributed by atoms with Gasteiger partial charge in [0.2, 0.25) is 0 Å². The SMILES string of the molecule is CC(O)CN1CCN(CCc2ccc(C(=O)O)cc2)CC1. The molecule has 1 aliphatic heterocycles. The van der Waals surface area contributed by atoms with Gasteiger partial charge in [-0.2, -0.15) is 0 Å². The van der Waals surface area contributed by atoms with E-state index in [1.165, 1.54) is 5.56 Å². The maximum Gasteiger partial charge on any atom is 0.335 e. The number of aromatic carboxylic acids is 1. The van der Waals surface area contributed by atoms with E-state index < -0.39 is 5.97 Å². The van der Waals surface area contributed by atoms with E-state index in [1.54, 1.807) is 12.1 Å². The first kappa shape index (κ1) is 15.9. The molecule has 5 heteroatoms. The van der Waals surface area contributed by atoms with E-state index in [-0.39, 0.29) is 6.10 Å². The lowest BCUT2D eigenvalue weighted by molar-refractivity contribution is 0.0697. The van der Waals surface area contributed by atoms with Crippen molar-refractivity contribution in [3.8, 4) is 0 Å². The molecule has 0 amide bonds. The molecule has 1 aromatic rings. The van der Waals surface area contributed by atoms with Gasteiger partial charge in [0.05, 0.1) is 11.7 Å². The summed E-state index contributed by atoms with van der Waals surface area (Å²) in [5, 5.41) is 18.3. The molecular formula is C16H24N2O3. The van der Waals surface area contributed by atoms with E-state index in [2.05, 4.69) is 9.80 Å². The predicted octanol–water partition coefficient (Wildman–Crippen LogP) is 0.926. The number of aliphatic hydroxyl groups excluding tert-OH is 1. The minimum Gasteiger partial charge on any atom is -0.478 e. The van der Waals surface area contributed by atoms with Crippen molar-refractivity contribution in [1.82, 2.24) is 9.80 Å². The average molecular weight is 292 g/mol. The van der Waals surface area contributed by atoms with Crippen molar-refractivity contribution in [2.24, 2.45) is 0 Å². The van der Waals surface area contributed by atoms with Gasteiger partial charge in [-0.15, -0.1) is 0 Å². The van der Waals surface area contributed by atoms with Crippen LogP contribution in [0.2, 0.25) is 0 Å². The Morgan fingerprint density at radius 3 is 2.24 bits per heavy atom. The molecule has 0 aliphatic carbocycles. The second kappa shape index (κ2) is 7.54. The first-order valence-corrected chi connectivity index (χ1v) is 7.49. The fourth-order valence-electron chi connectivity index (χ4n) is 2.67. The van der Waals surface area contributed by atoms with E-state index in [4.69, 9.17) is 5.11 Å². The standard InChI is InChI=1S/C16H24N2O3/c1-13(19)12-18-10-8-17(9-11-18)7-6-14-2-4-15(5-3-14)16(20)21/h2-5,13,19H,6-12H2,1H3,(H,20,21).